The van der Waals surface area contributed by atoms with Gasteiger partial charge in [0, 0.05) is 22.7 Å². The smallest absolute Gasteiger partial charge is 0.133 e. The molecule has 2 aromatic carbocycles. The van der Waals surface area contributed by atoms with Gasteiger partial charge in [-0.15, -0.1) is 0 Å². The highest BCUT2D eigenvalue weighted by molar-refractivity contribution is 6.30. The lowest BCUT2D eigenvalue weighted by molar-refractivity contribution is 0.882. The summed E-state index contributed by atoms with van der Waals surface area (Å²) >= 11 is 6.13. The molecule has 0 unspecified atom stereocenters. The third kappa shape index (κ3) is 2.18. The molecule has 1 aliphatic heterocycles. The Morgan fingerprint density at radius 1 is 1.14 bits per heavy atom. The summed E-state index contributed by atoms with van der Waals surface area (Å²) in [4.78, 5) is 0. The van der Waals surface area contributed by atoms with Crippen molar-refractivity contribution in [1.82, 2.24) is 9.78 Å². The highest BCUT2D eigenvalue weighted by Gasteiger charge is 2.23. The SMILES string of the molecule is Cc1ccc(-c2nn(-c3cccc(Cl)c3)c3c2CCN3)cc1. The van der Waals surface area contributed by atoms with Crippen molar-refractivity contribution in [1.29, 1.82) is 0 Å². The van der Waals surface area contributed by atoms with E-state index in [1.165, 1.54) is 11.1 Å². The molecule has 0 spiro atoms. The summed E-state index contributed by atoms with van der Waals surface area (Å²) in [5.41, 5.74) is 5.74. The van der Waals surface area contributed by atoms with Crippen LogP contribution in [0.25, 0.3) is 16.9 Å². The van der Waals surface area contributed by atoms with Crippen LogP contribution in [0.5, 0.6) is 0 Å². The van der Waals surface area contributed by atoms with Crippen LogP contribution < -0.4 is 5.32 Å². The van der Waals surface area contributed by atoms with Crippen LogP contribution in [-0.2, 0) is 6.42 Å². The lowest BCUT2D eigenvalue weighted by Crippen LogP contribution is -2.04. The van der Waals surface area contributed by atoms with Gasteiger partial charge in [0.2, 0.25) is 0 Å². The molecule has 0 amide bonds. The predicted molar refractivity (Wildman–Crippen MR) is 90.9 cm³/mol. The zero-order valence-corrected chi connectivity index (χ0v) is 13.1. The summed E-state index contributed by atoms with van der Waals surface area (Å²) in [6, 6.07) is 16.3. The molecule has 1 aromatic heterocycles. The maximum Gasteiger partial charge on any atom is 0.133 e. The fraction of sp³-hybridized carbons (Fsp3) is 0.167. The molecular weight excluding hydrogens is 294 g/mol. The van der Waals surface area contributed by atoms with Crippen molar-refractivity contribution in [3.05, 3.63) is 64.7 Å². The van der Waals surface area contributed by atoms with Crippen molar-refractivity contribution < 1.29 is 0 Å². The number of aryl methyl sites for hydroxylation is 1. The first kappa shape index (κ1) is 13.4. The average molecular weight is 310 g/mol. The van der Waals surface area contributed by atoms with Crippen molar-refractivity contribution >= 4 is 17.4 Å². The van der Waals surface area contributed by atoms with Crippen LogP contribution in [0.2, 0.25) is 5.02 Å². The fourth-order valence-electron chi connectivity index (χ4n) is 2.91. The number of anilines is 1. The minimum absolute atomic E-state index is 0.719. The molecule has 0 fully saturated rings. The zero-order valence-electron chi connectivity index (χ0n) is 12.3. The van der Waals surface area contributed by atoms with Gasteiger partial charge < -0.3 is 5.32 Å². The van der Waals surface area contributed by atoms with Gasteiger partial charge in [-0.25, -0.2) is 4.68 Å². The molecule has 22 heavy (non-hydrogen) atoms. The third-order valence-corrected chi connectivity index (χ3v) is 4.26. The molecule has 2 heterocycles. The summed E-state index contributed by atoms with van der Waals surface area (Å²) in [5, 5.41) is 9.00. The monoisotopic (exact) mass is 309 g/mol. The zero-order chi connectivity index (χ0) is 15.1. The fourth-order valence-corrected chi connectivity index (χ4v) is 3.10. The highest BCUT2D eigenvalue weighted by Crippen LogP contribution is 2.34. The molecule has 1 N–H and O–H groups in total. The summed E-state index contributed by atoms with van der Waals surface area (Å²) in [5.74, 6) is 1.08. The molecule has 0 saturated carbocycles. The molecule has 4 heteroatoms. The van der Waals surface area contributed by atoms with Crippen LogP contribution in [0.4, 0.5) is 5.82 Å². The van der Waals surface area contributed by atoms with E-state index in [4.69, 9.17) is 16.7 Å². The van der Waals surface area contributed by atoms with Crippen molar-refractivity contribution in [2.45, 2.75) is 13.3 Å². The molecule has 4 rings (SSSR count). The standard InChI is InChI=1S/C18H16ClN3/c1-12-5-7-13(8-6-12)17-16-9-10-20-18(16)22(21-17)15-4-2-3-14(19)11-15/h2-8,11,20H,9-10H2,1H3. The molecular formula is C18H16ClN3. The van der Waals surface area contributed by atoms with Crippen LogP contribution in [-0.4, -0.2) is 16.3 Å². The first-order valence-electron chi connectivity index (χ1n) is 7.41. The van der Waals surface area contributed by atoms with E-state index in [1.54, 1.807) is 0 Å². The minimum atomic E-state index is 0.719. The van der Waals surface area contributed by atoms with Crippen molar-refractivity contribution in [3.63, 3.8) is 0 Å². The number of aromatic nitrogens is 2. The van der Waals surface area contributed by atoms with Gasteiger partial charge in [0.1, 0.15) is 5.82 Å². The van der Waals surface area contributed by atoms with Gasteiger partial charge >= 0.3 is 0 Å². The van der Waals surface area contributed by atoms with Gasteiger partial charge in [-0.05, 0) is 31.5 Å². The lowest BCUT2D eigenvalue weighted by Gasteiger charge is -2.06. The van der Waals surface area contributed by atoms with Crippen molar-refractivity contribution in [2.75, 3.05) is 11.9 Å². The van der Waals surface area contributed by atoms with Gasteiger partial charge in [-0.3, -0.25) is 0 Å². The molecule has 0 saturated heterocycles. The Labute approximate surface area is 134 Å². The highest BCUT2D eigenvalue weighted by atomic mass is 35.5. The van der Waals surface area contributed by atoms with Crippen LogP contribution in [0.1, 0.15) is 11.1 Å². The summed E-state index contributed by atoms with van der Waals surface area (Å²) < 4.78 is 1.96. The number of hydrogen-bond donors (Lipinski definition) is 1. The molecule has 0 atom stereocenters. The van der Waals surface area contributed by atoms with Gasteiger partial charge in [-0.2, -0.15) is 5.10 Å². The molecule has 3 nitrogen and oxygen atoms in total. The predicted octanol–water partition coefficient (Wildman–Crippen LogP) is 4.47. The van der Waals surface area contributed by atoms with Gasteiger partial charge in [0.25, 0.3) is 0 Å². The summed E-state index contributed by atoms with van der Waals surface area (Å²) in [7, 11) is 0. The van der Waals surface area contributed by atoms with Crippen LogP contribution in [0.15, 0.2) is 48.5 Å². The van der Waals surface area contributed by atoms with E-state index >= 15 is 0 Å². The van der Waals surface area contributed by atoms with Gasteiger partial charge in [0.15, 0.2) is 0 Å². The Balaban J connectivity index is 1.88. The second-order valence-corrected chi connectivity index (χ2v) is 6.05. The number of nitrogens with one attached hydrogen (secondary N) is 1. The molecule has 0 radical (unpaired) electrons. The van der Waals surface area contributed by atoms with Gasteiger partial charge in [0.05, 0.1) is 11.4 Å². The van der Waals surface area contributed by atoms with E-state index in [-0.39, 0.29) is 0 Å². The van der Waals surface area contributed by atoms with Gasteiger partial charge in [-0.1, -0.05) is 47.5 Å². The average Bonchev–Trinajstić information content (AvgIpc) is 3.10. The van der Waals surface area contributed by atoms with Crippen molar-refractivity contribution in [2.24, 2.45) is 0 Å². The first-order valence-corrected chi connectivity index (χ1v) is 7.79. The van der Waals surface area contributed by atoms with E-state index in [9.17, 15) is 0 Å². The topological polar surface area (TPSA) is 29.9 Å². The Morgan fingerprint density at radius 2 is 1.95 bits per heavy atom. The number of nitrogens with zero attached hydrogens (tertiary/aromatic N) is 2. The molecule has 110 valence electrons. The Bertz CT molecular complexity index is 834. The van der Waals surface area contributed by atoms with E-state index in [0.29, 0.717) is 0 Å². The molecule has 0 aliphatic carbocycles. The Morgan fingerprint density at radius 3 is 2.73 bits per heavy atom. The number of hydrogen-bond acceptors (Lipinski definition) is 2. The molecule has 0 bridgehead atoms. The minimum Gasteiger partial charge on any atom is -0.369 e. The number of fused-ring (bicyclic) bond motifs is 1. The van der Waals surface area contributed by atoms with Crippen LogP contribution >= 0.6 is 11.6 Å². The van der Waals surface area contributed by atoms with E-state index in [1.807, 2.05) is 28.9 Å². The third-order valence-electron chi connectivity index (χ3n) is 4.03. The maximum absolute atomic E-state index is 6.13. The lowest BCUT2D eigenvalue weighted by atomic mass is 10.1. The Kier molecular flexibility index (Phi) is 3.16. The van der Waals surface area contributed by atoms with Crippen LogP contribution in [0.3, 0.4) is 0 Å². The van der Waals surface area contributed by atoms with E-state index in [2.05, 4.69) is 36.5 Å². The number of halogens is 1. The van der Waals surface area contributed by atoms with E-state index < -0.39 is 0 Å². The quantitative estimate of drug-likeness (QED) is 0.757. The summed E-state index contributed by atoms with van der Waals surface area (Å²) in [6.07, 6.45) is 0.999. The molecule has 1 aliphatic rings. The van der Waals surface area contributed by atoms with E-state index in [0.717, 1.165) is 40.8 Å². The van der Waals surface area contributed by atoms with Crippen LogP contribution in [0, 0.1) is 6.92 Å². The largest absolute Gasteiger partial charge is 0.369 e. The normalized spacial score (nSPS) is 13.0. The molecule has 3 aromatic rings. The Hall–Kier alpha value is -2.26. The number of rotatable bonds is 2. The second-order valence-electron chi connectivity index (χ2n) is 5.61. The maximum atomic E-state index is 6.13. The summed E-state index contributed by atoms with van der Waals surface area (Å²) in [6.45, 7) is 3.05. The second kappa shape index (κ2) is 5.18. The van der Waals surface area contributed by atoms with Crippen molar-refractivity contribution in [3.8, 4) is 16.9 Å². The first-order chi connectivity index (χ1) is 10.7. The number of benzene rings is 2.